The summed E-state index contributed by atoms with van der Waals surface area (Å²) in [4.78, 5) is 24.0. The van der Waals surface area contributed by atoms with E-state index in [1.165, 1.54) is 5.56 Å². The van der Waals surface area contributed by atoms with Crippen LogP contribution < -0.4 is 15.4 Å². The summed E-state index contributed by atoms with van der Waals surface area (Å²) >= 11 is 0. The molecule has 166 valence electrons. The van der Waals surface area contributed by atoms with Crippen LogP contribution in [0, 0.1) is 0 Å². The van der Waals surface area contributed by atoms with E-state index in [0.29, 0.717) is 24.5 Å². The van der Waals surface area contributed by atoms with Crippen LogP contribution in [0.1, 0.15) is 29.3 Å². The van der Waals surface area contributed by atoms with Crippen LogP contribution in [0.3, 0.4) is 0 Å². The highest BCUT2D eigenvalue weighted by atomic mass is 16.5. The fourth-order valence-corrected chi connectivity index (χ4v) is 2.96. The van der Waals surface area contributed by atoms with Crippen LogP contribution in [0.2, 0.25) is 0 Å². The maximum absolute atomic E-state index is 12.2. The van der Waals surface area contributed by atoms with E-state index in [9.17, 15) is 9.59 Å². The molecule has 0 spiro atoms. The quantitative estimate of drug-likeness (QED) is 0.420. The summed E-state index contributed by atoms with van der Waals surface area (Å²) < 4.78 is 10.9. The molecule has 6 heteroatoms. The molecule has 0 radical (unpaired) electrons. The topological polar surface area (TPSA) is 76.7 Å². The van der Waals surface area contributed by atoms with Crippen LogP contribution in [-0.4, -0.2) is 31.6 Å². The van der Waals surface area contributed by atoms with Crippen molar-refractivity contribution >= 4 is 23.3 Å². The highest BCUT2D eigenvalue weighted by Crippen LogP contribution is 2.16. The van der Waals surface area contributed by atoms with Crippen molar-refractivity contribution in [1.82, 2.24) is 0 Å². The number of hydrogen-bond donors (Lipinski definition) is 2. The van der Waals surface area contributed by atoms with Crippen molar-refractivity contribution in [3.05, 3.63) is 90.0 Å². The van der Waals surface area contributed by atoms with Crippen molar-refractivity contribution < 1.29 is 19.1 Å². The number of rotatable bonds is 11. The maximum atomic E-state index is 12.2. The Kier molecular flexibility index (Phi) is 8.69. The molecular weight excluding hydrogens is 404 g/mol. The van der Waals surface area contributed by atoms with Gasteiger partial charge in [-0.1, -0.05) is 37.3 Å². The molecule has 0 unspecified atom stereocenters. The predicted molar refractivity (Wildman–Crippen MR) is 126 cm³/mol. The summed E-state index contributed by atoms with van der Waals surface area (Å²) in [6, 6.07) is 24.3. The maximum Gasteiger partial charge on any atom is 0.338 e. The first-order valence-corrected chi connectivity index (χ1v) is 10.7. The number of ether oxygens (including phenoxy) is 2. The largest absolute Gasteiger partial charge is 0.493 e. The highest BCUT2D eigenvalue weighted by molar-refractivity contribution is 5.94. The fraction of sp³-hybridized carbons (Fsp3) is 0.231. The molecule has 1 amide bonds. The Balaban J connectivity index is 1.39. The number of esters is 1. The number of nitrogens with one attached hydrogen (secondary N) is 2. The minimum atomic E-state index is -0.344. The molecule has 0 aliphatic carbocycles. The number of amides is 1. The first kappa shape index (κ1) is 22.9. The Morgan fingerprint density at radius 3 is 2.19 bits per heavy atom. The molecule has 2 N–H and O–H groups in total. The van der Waals surface area contributed by atoms with Crippen LogP contribution >= 0.6 is 0 Å². The summed E-state index contributed by atoms with van der Waals surface area (Å²) in [5, 5.41) is 5.88. The molecule has 0 fully saturated rings. The van der Waals surface area contributed by atoms with Crippen molar-refractivity contribution in [2.24, 2.45) is 0 Å². The molecule has 6 nitrogen and oxygen atoms in total. The lowest BCUT2D eigenvalue weighted by molar-refractivity contribution is -0.114. The van der Waals surface area contributed by atoms with Crippen LogP contribution in [-0.2, 0) is 16.0 Å². The fourth-order valence-electron chi connectivity index (χ4n) is 2.96. The Labute approximate surface area is 188 Å². The molecule has 0 saturated heterocycles. The van der Waals surface area contributed by atoms with E-state index < -0.39 is 0 Å². The standard InChI is InChI=1S/C26H28N2O4/c1-2-17-32-26(30)21-8-10-22(11-9-21)27-19-25(29)28-23-12-14-24(15-13-23)31-18-16-20-6-4-3-5-7-20/h3-15,27H,2,16-19H2,1H3,(H,28,29). The van der Waals surface area contributed by atoms with E-state index in [-0.39, 0.29) is 18.4 Å². The molecule has 0 saturated carbocycles. The predicted octanol–water partition coefficient (Wildman–Crippen LogP) is 4.93. The molecule has 3 aromatic rings. The molecule has 3 aromatic carbocycles. The second kappa shape index (κ2) is 12.2. The Morgan fingerprint density at radius 2 is 1.50 bits per heavy atom. The number of carbonyl (C=O) groups is 2. The second-order valence-corrected chi connectivity index (χ2v) is 7.22. The second-order valence-electron chi connectivity index (χ2n) is 7.22. The SMILES string of the molecule is CCCOC(=O)c1ccc(NCC(=O)Nc2ccc(OCCc3ccccc3)cc2)cc1. The third-order valence-corrected chi connectivity index (χ3v) is 4.65. The summed E-state index contributed by atoms with van der Waals surface area (Å²) in [5.41, 5.74) is 3.16. The molecule has 0 aliphatic heterocycles. The van der Waals surface area contributed by atoms with Crippen LogP contribution in [0.25, 0.3) is 0 Å². The zero-order valence-corrected chi connectivity index (χ0v) is 18.2. The molecule has 0 aromatic heterocycles. The smallest absolute Gasteiger partial charge is 0.338 e. The molecule has 0 atom stereocenters. The molecular formula is C26H28N2O4. The summed E-state index contributed by atoms with van der Waals surface area (Å²) in [7, 11) is 0. The Morgan fingerprint density at radius 1 is 0.812 bits per heavy atom. The Hall–Kier alpha value is -3.80. The van der Waals surface area contributed by atoms with Crippen LogP contribution in [0.5, 0.6) is 5.75 Å². The third-order valence-electron chi connectivity index (χ3n) is 4.65. The number of hydrogen-bond acceptors (Lipinski definition) is 5. The van der Waals surface area contributed by atoms with E-state index in [4.69, 9.17) is 9.47 Å². The van der Waals surface area contributed by atoms with Crippen LogP contribution in [0.15, 0.2) is 78.9 Å². The summed E-state index contributed by atoms with van der Waals surface area (Å²) in [6.45, 7) is 3.05. The van der Waals surface area contributed by atoms with E-state index in [1.54, 1.807) is 24.3 Å². The third kappa shape index (κ3) is 7.47. The Bertz CT molecular complexity index is 987. The van der Waals surface area contributed by atoms with Gasteiger partial charge in [0.1, 0.15) is 5.75 Å². The first-order chi connectivity index (χ1) is 15.6. The van der Waals surface area contributed by atoms with Crippen molar-refractivity contribution in [3.63, 3.8) is 0 Å². The van der Waals surface area contributed by atoms with Crippen molar-refractivity contribution in [1.29, 1.82) is 0 Å². The number of benzene rings is 3. The minimum absolute atomic E-state index is 0.106. The van der Waals surface area contributed by atoms with Crippen LogP contribution in [0.4, 0.5) is 11.4 Å². The average molecular weight is 433 g/mol. The van der Waals surface area contributed by atoms with Gasteiger partial charge in [-0.25, -0.2) is 4.79 Å². The van der Waals surface area contributed by atoms with Gasteiger partial charge >= 0.3 is 5.97 Å². The van der Waals surface area contributed by atoms with Gasteiger partial charge in [0.05, 0.1) is 25.3 Å². The molecule has 0 heterocycles. The van der Waals surface area contributed by atoms with E-state index in [2.05, 4.69) is 22.8 Å². The average Bonchev–Trinajstić information content (AvgIpc) is 2.83. The summed E-state index contributed by atoms with van der Waals surface area (Å²) in [5.74, 6) is 0.243. The van der Waals surface area contributed by atoms with Gasteiger partial charge in [0, 0.05) is 17.8 Å². The van der Waals surface area contributed by atoms with Gasteiger partial charge in [-0.2, -0.15) is 0 Å². The van der Waals surface area contributed by atoms with Crippen molar-refractivity contribution in [2.45, 2.75) is 19.8 Å². The zero-order chi connectivity index (χ0) is 22.6. The zero-order valence-electron chi connectivity index (χ0n) is 18.2. The van der Waals surface area contributed by atoms with E-state index in [1.807, 2.05) is 49.4 Å². The minimum Gasteiger partial charge on any atom is -0.493 e. The van der Waals surface area contributed by atoms with Gasteiger partial charge in [0.2, 0.25) is 5.91 Å². The van der Waals surface area contributed by atoms with Gasteiger partial charge < -0.3 is 20.1 Å². The molecule has 0 bridgehead atoms. The van der Waals surface area contributed by atoms with Gasteiger partial charge in [0.25, 0.3) is 0 Å². The summed E-state index contributed by atoms with van der Waals surface area (Å²) in [6.07, 6.45) is 1.62. The van der Waals surface area contributed by atoms with E-state index >= 15 is 0 Å². The van der Waals surface area contributed by atoms with Gasteiger partial charge in [-0.15, -0.1) is 0 Å². The molecule has 0 aliphatic rings. The number of anilines is 2. The highest BCUT2D eigenvalue weighted by Gasteiger charge is 2.07. The van der Waals surface area contributed by atoms with Gasteiger partial charge in [-0.05, 0) is 60.5 Å². The first-order valence-electron chi connectivity index (χ1n) is 10.7. The lowest BCUT2D eigenvalue weighted by Crippen LogP contribution is -2.21. The van der Waals surface area contributed by atoms with E-state index in [0.717, 1.165) is 24.3 Å². The molecule has 32 heavy (non-hydrogen) atoms. The van der Waals surface area contributed by atoms with Crippen molar-refractivity contribution in [2.75, 3.05) is 30.4 Å². The lowest BCUT2D eigenvalue weighted by atomic mass is 10.2. The molecule has 3 rings (SSSR count). The monoisotopic (exact) mass is 432 g/mol. The lowest BCUT2D eigenvalue weighted by Gasteiger charge is -2.10. The number of carbonyl (C=O) groups excluding carboxylic acids is 2. The van der Waals surface area contributed by atoms with Crippen molar-refractivity contribution in [3.8, 4) is 5.75 Å². The van der Waals surface area contributed by atoms with Gasteiger partial charge in [-0.3, -0.25) is 4.79 Å². The normalized spacial score (nSPS) is 10.3. The van der Waals surface area contributed by atoms with Gasteiger partial charge in [0.15, 0.2) is 0 Å².